The lowest BCUT2D eigenvalue weighted by molar-refractivity contribution is -0.833. The Morgan fingerprint density at radius 3 is 1.23 bits per heavy atom. The van der Waals surface area contributed by atoms with Crippen molar-refractivity contribution in [1.82, 2.24) is 0 Å². The van der Waals surface area contributed by atoms with Crippen molar-refractivity contribution in [3.8, 4) is 0 Å². The average molecular weight is 350 g/mol. The van der Waals surface area contributed by atoms with Gasteiger partial charge in [0.05, 0.1) is 0 Å². The van der Waals surface area contributed by atoms with Crippen LogP contribution in [0.1, 0.15) is 0 Å². The highest BCUT2D eigenvalue weighted by molar-refractivity contribution is 7.79. The van der Waals surface area contributed by atoms with Crippen molar-refractivity contribution in [3.63, 3.8) is 0 Å². The third-order valence-corrected chi connectivity index (χ3v) is 2.10. The van der Waals surface area contributed by atoms with Crippen molar-refractivity contribution in [2.75, 3.05) is 13.2 Å². The molecule has 0 saturated heterocycles. The predicted molar refractivity (Wildman–Crippen MR) is 60.2 cm³/mol. The van der Waals surface area contributed by atoms with E-state index in [1.165, 1.54) is 0 Å². The van der Waals surface area contributed by atoms with Crippen molar-refractivity contribution >= 4 is 17.5 Å². The summed E-state index contributed by atoms with van der Waals surface area (Å²) in [5.41, 5.74) is 0. The van der Waals surface area contributed by atoms with Crippen LogP contribution >= 0.6 is 12.2 Å². The Labute approximate surface area is 122 Å². The van der Waals surface area contributed by atoms with Gasteiger partial charge in [-0.1, -0.05) is 8.78 Å². The van der Waals surface area contributed by atoms with Crippen LogP contribution in [0.2, 0.25) is 0 Å². The Morgan fingerprint density at radius 2 is 1.05 bits per heavy atom. The normalized spacial score (nSPS) is 11.4. The van der Waals surface area contributed by atoms with Crippen LogP contribution in [-0.2, 0) is 9.47 Å². The van der Waals surface area contributed by atoms with E-state index in [2.05, 4.69) is 21.7 Å². The third kappa shape index (κ3) is 4.07. The zero-order valence-electron chi connectivity index (χ0n) is 9.95. The molecule has 0 rings (SSSR count). The molecule has 0 spiro atoms. The molecule has 0 aliphatic rings. The van der Waals surface area contributed by atoms with Gasteiger partial charge < -0.3 is 9.47 Å². The van der Waals surface area contributed by atoms with Gasteiger partial charge in [-0.05, 0) is 0 Å². The molecule has 0 radical (unpaired) electrons. The maximum Gasteiger partial charge on any atom is 0.648 e. The number of hydrogen-bond acceptors (Lipinski definition) is 11. The standard InChI is InChI=1S/C5H4F2N4O10S/c6-4(8(12)13,9(14)15)1-20-3(22)21-2-5(7,10(16)17)11(18)19/h1-2H2. The summed E-state index contributed by atoms with van der Waals surface area (Å²) in [6.45, 7) is -3.83. The lowest BCUT2D eigenvalue weighted by atomic mass is 10.5. The molecule has 0 bridgehead atoms. The summed E-state index contributed by atoms with van der Waals surface area (Å²) >= 11 is 4.07. The molecule has 0 unspecified atom stereocenters. The fourth-order valence-electron chi connectivity index (χ4n) is 0.687. The van der Waals surface area contributed by atoms with Crippen LogP contribution in [-0.4, -0.2) is 50.0 Å². The number of ether oxygens (including phenoxy) is 2. The van der Waals surface area contributed by atoms with E-state index < -0.39 is 50.0 Å². The van der Waals surface area contributed by atoms with Gasteiger partial charge in [-0.25, -0.2) is 0 Å². The number of nitrogens with zero attached hydrogens (tertiary/aromatic N) is 4. The molecule has 0 amide bonds. The van der Waals surface area contributed by atoms with Crippen molar-refractivity contribution in [2.45, 2.75) is 11.8 Å². The molecule has 0 N–H and O–H groups in total. The molecule has 0 heterocycles. The van der Waals surface area contributed by atoms with Gasteiger partial charge in [0.1, 0.15) is 19.7 Å². The summed E-state index contributed by atoms with van der Waals surface area (Å²) in [6.07, 6.45) is 0. The largest absolute Gasteiger partial charge is 0.648 e. The minimum absolute atomic E-state index is 1.41. The van der Waals surface area contributed by atoms with Gasteiger partial charge in [-0.15, -0.1) is 0 Å². The van der Waals surface area contributed by atoms with E-state index in [1.807, 2.05) is 0 Å². The number of thiocarbonyl (C=S) groups is 1. The zero-order chi connectivity index (χ0) is 17.7. The number of alkyl halides is 2. The summed E-state index contributed by atoms with van der Waals surface area (Å²) in [5.74, 6) is -8.63. The fraction of sp³-hybridized carbons (Fsp3) is 0.800. The summed E-state index contributed by atoms with van der Waals surface area (Å²) in [6, 6.07) is 0. The van der Waals surface area contributed by atoms with Crippen LogP contribution in [0.15, 0.2) is 0 Å². The van der Waals surface area contributed by atoms with Gasteiger partial charge in [0.25, 0.3) is 13.2 Å². The smallest absolute Gasteiger partial charge is 0.437 e. The van der Waals surface area contributed by atoms with E-state index in [1.54, 1.807) is 0 Å². The second-order valence-electron chi connectivity index (χ2n) is 3.29. The summed E-state index contributed by atoms with van der Waals surface area (Å²) in [5, 5.41) is 39.2. The van der Waals surface area contributed by atoms with Crippen molar-refractivity contribution < 1.29 is 37.9 Å². The highest BCUT2D eigenvalue weighted by Crippen LogP contribution is 2.16. The Kier molecular flexibility index (Phi) is 5.86. The van der Waals surface area contributed by atoms with E-state index in [0.717, 1.165) is 0 Å². The van der Waals surface area contributed by atoms with Crippen molar-refractivity contribution in [2.24, 2.45) is 0 Å². The molecule has 17 heteroatoms. The van der Waals surface area contributed by atoms with Gasteiger partial charge in [-0.3, -0.25) is 40.5 Å². The first-order valence-electron chi connectivity index (χ1n) is 4.63. The number of rotatable bonds is 8. The van der Waals surface area contributed by atoms with Crippen LogP contribution < -0.4 is 0 Å². The van der Waals surface area contributed by atoms with Gasteiger partial charge in [0.2, 0.25) is 0 Å². The van der Waals surface area contributed by atoms with Crippen molar-refractivity contribution in [1.29, 1.82) is 0 Å². The van der Waals surface area contributed by atoms with E-state index in [4.69, 9.17) is 0 Å². The maximum absolute atomic E-state index is 13.2. The number of halogens is 2. The van der Waals surface area contributed by atoms with Crippen LogP contribution in [0.3, 0.4) is 0 Å². The van der Waals surface area contributed by atoms with Gasteiger partial charge in [0.15, 0.2) is 0 Å². The zero-order valence-corrected chi connectivity index (χ0v) is 10.8. The van der Waals surface area contributed by atoms with Crippen LogP contribution in [0.5, 0.6) is 0 Å². The molecule has 0 aromatic rings. The Hall–Kier alpha value is -2.85. The topological polar surface area (TPSA) is 191 Å². The predicted octanol–water partition coefficient (Wildman–Crippen LogP) is -0.342. The second-order valence-corrected chi connectivity index (χ2v) is 3.63. The monoisotopic (exact) mass is 350 g/mol. The second kappa shape index (κ2) is 6.74. The molecular weight excluding hydrogens is 346 g/mol. The van der Waals surface area contributed by atoms with Gasteiger partial charge in [0, 0.05) is 12.2 Å². The lowest BCUT2D eigenvalue weighted by Gasteiger charge is -2.12. The molecule has 0 aliphatic heterocycles. The number of nitro groups is 4. The first-order chi connectivity index (χ1) is 9.87. The average Bonchev–Trinajstić information content (AvgIpc) is 2.40. The fourth-order valence-corrected chi connectivity index (χ4v) is 0.805. The molecular formula is C5H4F2N4O10S. The third-order valence-electron chi connectivity index (χ3n) is 1.87. The molecule has 0 aromatic heterocycles. The highest BCUT2D eigenvalue weighted by atomic mass is 32.1. The molecule has 0 aliphatic carbocycles. The molecule has 14 nitrogen and oxygen atoms in total. The van der Waals surface area contributed by atoms with Crippen molar-refractivity contribution in [3.05, 3.63) is 40.5 Å². The van der Waals surface area contributed by atoms with E-state index >= 15 is 0 Å². The summed E-state index contributed by atoms with van der Waals surface area (Å²) < 4.78 is 34.2. The highest BCUT2D eigenvalue weighted by Gasteiger charge is 2.61. The molecule has 0 aromatic carbocycles. The van der Waals surface area contributed by atoms with Crippen LogP contribution in [0.25, 0.3) is 0 Å². The first-order valence-corrected chi connectivity index (χ1v) is 5.04. The Morgan fingerprint density at radius 1 is 0.818 bits per heavy atom. The van der Waals surface area contributed by atoms with E-state index in [-0.39, 0.29) is 0 Å². The SMILES string of the molecule is O=[N+]([O-])C(F)(COC(=S)OCC(F)([N+](=O)[O-])[N+](=O)[O-])[N+](=O)[O-]. The van der Waals surface area contributed by atoms with Gasteiger partial charge >= 0.3 is 17.1 Å². The maximum atomic E-state index is 13.2. The van der Waals surface area contributed by atoms with Gasteiger partial charge in [-0.2, -0.15) is 0 Å². The van der Waals surface area contributed by atoms with E-state index in [9.17, 15) is 49.2 Å². The number of hydrogen-bond donors (Lipinski definition) is 0. The quantitative estimate of drug-likeness (QED) is 0.183. The Bertz CT molecular complexity index is 455. The molecule has 0 fully saturated rings. The molecule has 22 heavy (non-hydrogen) atoms. The van der Waals surface area contributed by atoms with Crippen LogP contribution in [0.4, 0.5) is 8.78 Å². The molecule has 0 saturated carbocycles. The summed E-state index contributed by atoms with van der Waals surface area (Å²) in [7, 11) is 0. The van der Waals surface area contributed by atoms with E-state index in [0.29, 0.717) is 0 Å². The first kappa shape index (κ1) is 19.1. The summed E-state index contributed by atoms with van der Waals surface area (Å²) in [4.78, 5) is 32.8. The lowest BCUT2D eigenvalue weighted by Crippen LogP contribution is -2.48. The Balaban J connectivity index is 4.72. The molecule has 0 atom stereocenters. The minimum Gasteiger partial charge on any atom is -0.437 e. The van der Waals surface area contributed by atoms with Crippen LogP contribution in [0, 0.1) is 40.5 Å². The minimum atomic E-state index is -4.31. The molecule has 124 valence electrons.